The fourth-order valence-corrected chi connectivity index (χ4v) is 1.27. The Bertz CT molecular complexity index is 413. The van der Waals surface area contributed by atoms with Crippen LogP contribution in [-0.4, -0.2) is 38.2 Å². The topological polar surface area (TPSA) is 108 Å². The quantitative estimate of drug-likeness (QED) is 0.681. The summed E-state index contributed by atoms with van der Waals surface area (Å²) in [6, 6.07) is -0.939. The maximum atomic E-state index is 11.7. The van der Waals surface area contributed by atoms with Crippen LogP contribution in [0.3, 0.4) is 0 Å². The predicted octanol–water partition coefficient (Wildman–Crippen LogP) is 0.206. The number of aromatic amines is 1. The molecule has 1 heterocycles. The summed E-state index contributed by atoms with van der Waals surface area (Å²) in [6.45, 7) is 5.30. The third-order valence-corrected chi connectivity index (χ3v) is 2.29. The van der Waals surface area contributed by atoms with Crippen molar-refractivity contribution in [3.05, 3.63) is 11.6 Å². The number of aryl methyl sites for hydroxylation is 1. The van der Waals surface area contributed by atoms with Gasteiger partial charge < -0.3 is 10.4 Å². The van der Waals surface area contributed by atoms with Crippen molar-refractivity contribution in [1.82, 2.24) is 20.5 Å². The molecule has 1 aromatic heterocycles. The maximum Gasteiger partial charge on any atom is 0.326 e. The largest absolute Gasteiger partial charge is 0.480 e. The number of nitrogens with one attached hydrogen (secondary N) is 2. The van der Waals surface area contributed by atoms with Crippen LogP contribution in [0.1, 0.15) is 37.2 Å². The van der Waals surface area contributed by atoms with E-state index in [-0.39, 0.29) is 11.7 Å². The minimum Gasteiger partial charge on any atom is -0.480 e. The van der Waals surface area contributed by atoms with E-state index < -0.39 is 17.9 Å². The van der Waals surface area contributed by atoms with Crippen LogP contribution in [0.25, 0.3) is 0 Å². The number of amides is 1. The molecule has 7 heteroatoms. The number of H-pyrrole nitrogens is 1. The third-order valence-electron chi connectivity index (χ3n) is 2.29. The average Bonchev–Trinajstić information content (AvgIpc) is 2.73. The van der Waals surface area contributed by atoms with E-state index in [0.29, 0.717) is 12.2 Å². The first-order valence-corrected chi connectivity index (χ1v) is 5.40. The highest BCUT2D eigenvalue weighted by molar-refractivity contribution is 5.93. The van der Waals surface area contributed by atoms with Gasteiger partial charge in [-0.3, -0.25) is 9.89 Å². The number of hydrogen-bond donors (Lipinski definition) is 3. The zero-order chi connectivity index (χ0) is 13.0. The summed E-state index contributed by atoms with van der Waals surface area (Å²) in [6.07, 6.45) is 0.632. The Hall–Kier alpha value is -1.92. The van der Waals surface area contributed by atoms with E-state index in [9.17, 15) is 9.59 Å². The highest BCUT2D eigenvalue weighted by Crippen LogP contribution is 2.03. The molecule has 0 aromatic carbocycles. The molecule has 0 unspecified atom stereocenters. The van der Waals surface area contributed by atoms with Crippen LogP contribution in [0.2, 0.25) is 0 Å². The standard InChI is InChI=1S/C10H16N4O3/c1-4-6-11-8(14-13-6)9(15)12-7(5(2)3)10(16)17/h5,7H,4H2,1-3H3,(H,12,15)(H,16,17)(H,11,13,14)/t7-/m0/s1. The first kappa shape index (κ1) is 13.1. The fourth-order valence-electron chi connectivity index (χ4n) is 1.27. The second kappa shape index (κ2) is 5.42. The van der Waals surface area contributed by atoms with Crippen LogP contribution >= 0.6 is 0 Å². The van der Waals surface area contributed by atoms with Gasteiger partial charge in [0, 0.05) is 6.42 Å². The molecule has 94 valence electrons. The van der Waals surface area contributed by atoms with E-state index in [1.165, 1.54) is 0 Å². The van der Waals surface area contributed by atoms with Crippen molar-refractivity contribution in [2.45, 2.75) is 33.2 Å². The van der Waals surface area contributed by atoms with Crippen molar-refractivity contribution in [3.63, 3.8) is 0 Å². The lowest BCUT2D eigenvalue weighted by atomic mass is 10.1. The molecule has 0 fully saturated rings. The minimum absolute atomic E-state index is 0.0336. The van der Waals surface area contributed by atoms with Gasteiger partial charge in [-0.15, -0.1) is 5.10 Å². The summed E-state index contributed by atoms with van der Waals surface area (Å²) in [5.41, 5.74) is 0. The molecule has 0 saturated heterocycles. The van der Waals surface area contributed by atoms with Gasteiger partial charge in [0.05, 0.1) is 0 Å². The highest BCUT2D eigenvalue weighted by atomic mass is 16.4. The summed E-state index contributed by atoms with van der Waals surface area (Å²) >= 11 is 0. The van der Waals surface area contributed by atoms with Gasteiger partial charge in [0.1, 0.15) is 11.9 Å². The molecular formula is C10H16N4O3. The molecule has 17 heavy (non-hydrogen) atoms. The average molecular weight is 240 g/mol. The molecule has 1 atom stereocenters. The highest BCUT2D eigenvalue weighted by Gasteiger charge is 2.25. The number of rotatable bonds is 5. The van der Waals surface area contributed by atoms with E-state index in [0.717, 1.165) is 0 Å². The number of aliphatic carboxylic acids is 1. The second-order valence-electron chi connectivity index (χ2n) is 3.99. The molecule has 1 aromatic rings. The lowest BCUT2D eigenvalue weighted by Crippen LogP contribution is -2.44. The molecule has 0 radical (unpaired) electrons. The Morgan fingerprint density at radius 2 is 2.12 bits per heavy atom. The van der Waals surface area contributed by atoms with E-state index in [2.05, 4.69) is 20.5 Å². The van der Waals surface area contributed by atoms with Crippen LogP contribution in [-0.2, 0) is 11.2 Å². The number of aromatic nitrogens is 3. The number of carbonyl (C=O) groups excluding carboxylic acids is 1. The van der Waals surface area contributed by atoms with Crippen LogP contribution in [0.5, 0.6) is 0 Å². The Balaban J connectivity index is 2.73. The molecule has 0 aliphatic carbocycles. The fraction of sp³-hybridized carbons (Fsp3) is 0.600. The van der Waals surface area contributed by atoms with E-state index in [1.54, 1.807) is 13.8 Å². The number of hydrogen-bond acceptors (Lipinski definition) is 4. The van der Waals surface area contributed by atoms with Crippen molar-refractivity contribution in [2.75, 3.05) is 0 Å². The van der Waals surface area contributed by atoms with Crippen LogP contribution in [0.15, 0.2) is 0 Å². The number of carbonyl (C=O) groups is 2. The van der Waals surface area contributed by atoms with E-state index >= 15 is 0 Å². The van der Waals surface area contributed by atoms with Crippen LogP contribution in [0, 0.1) is 5.92 Å². The Labute approximate surface area is 98.6 Å². The maximum absolute atomic E-state index is 11.7. The van der Waals surface area contributed by atoms with Gasteiger partial charge in [-0.2, -0.15) is 0 Å². The third kappa shape index (κ3) is 3.27. The van der Waals surface area contributed by atoms with Gasteiger partial charge in [0.25, 0.3) is 5.91 Å². The lowest BCUT2D eigenvalue weighted by molar-refractivity contribution is -0.140. The summed E-state index contributed by atoms with van der Waals surface area (Å²) in [7, 11) is 0. The predicted molar refractivity (Wildman–Crippen MR) is 59.5 cm³/mol. The van der Waals surface area contributed by atoms with E-state index in [1.807, 2.05) is 6.92 Å². The summed E-state index contributed by atoms with van der Waals surface area (Å²) in [5.74, 6) is -1.30. The van der Waals surface area contributed by atoms with Gasteiger partial charge in [-0.1, -0.05) is 20.8 Å². The first-order chi connectivity index (χ1) is 7.95. The first-order valence-electron chi connectivity index (χ1n) is 5.40. The van der Waals surface area contributed by atoms with Gasteiger partial charge in [-0.05, 0) is 5.92 Å². The molecule has 3 N–H and O–H groups in total. The number of carboxylic acids is 1. The lowest BCUT2D eigenvalue weighted by Gasteiger charge is -2.16. The van der Waals surface area contributed by atoms with Crippen molar-refractivity contribution in [3.8, 4) is 0 Å². The van der Waals surface area contributed by atoms with Crippen molar-refractivity contribution >= 4 is 11.9 Å². The molecule has 1 amide bonds. The van der Waals surface area contributed by atoms with Crippen molar-refractivity contribution in [1.29, 1.82) is 0 Å². The summed E-state index contributed by atoms with van der Waals surface area (Å²) < 4.78 is 0. The van der Waals surface area contributed by atoms with Crippen molar-refractivity contribution < 1.29 is 14.7 Å². The number of carboxylic acid groups (broad SMARTS) is 1. The molecule has 0 saturated carbocycles. The molecule has 0 spiro atoms. The second-order valence-corrected chi connectivity index (χ2v) is 3.99. The zero-order valence-electron chi connectivity index (χ0n) is 10.0. The SMILES string of the molecule is CCc1nc(C(=O)N[C@H](C(=O)O)C(C)C)n[nH]1. The zero-order valence-corrected chi connectivity index (χ0v) is 10.0. The van der Waals surface area contributed by atoms with Gasteiger partial charge >= 0.3 is 5.97 Å². The molecule has 0 aliphatic rings. The molecule has 7 nitrogen and oxygen atoms in total. The smallest absolute Gasteiger partial charge is 0.326 e. The minimum atomic E-state index is -1.07. The van der Waals surface area contributed by atoms with Crippen molar-refractivity contribution in [2.24, 2.45) is 5.92 Å². The molecule has 0 aliphatic heterocycles. The van der Waals surface area contributed by atoms with Crippen LogP contribution in [0.4, 0.5) is 0 Å². The molecule has 0 bridgehead atoms. The van der Waals surface area contributed by atoms with Gasteiger partial charge in [-0.25, -0.2) is 9.78 Å². The molecular weight excluding hydrogens is 224 g/mol. The normalized spacial score (nSPS) is 12.5. The number of nitrogens with zero attached hydrogens (tertiary/aromatic N) is 2. The van der Waals surface area contributed by atoms with E-state index in [4.69, 9.17) is 5.11 Å². The Morgan fingerprint density at radius 3 is 2.53 bits per heavy atom. The Kier molecular flexibility index (Phi) is 4.19. The molecule has 1 rings (SSSR count). The summed E-state index contributed by atoms with van der Waals surface area (Å²) in [4.78, 5) is 26.5. The van der Waals surface area contributed by atoms with Gasteiger partial charge in [0.15, 0.2) is 0 Å². The Morgan fingerprint density at radius 1 is 1.47 bits per heavy atom. The van der Waals surface area contributed by atoms with Crippen LogP contribution < -0.4 is 5.32 Å². The summed E-state index contributed by atoms with van der Waals surface area (Å²) in [5, 5.41) is 17.6. The van der Waals surface area contributed by atoms with Gasteiger partial charge in [0.2, 0.25) is 5.82 Å². The monoisotopic (exact) mass is 240 g/mol.